The minimum Gasteiger partial charge on any atom is -0.481 e. The van der Waals surface area contributed by atoms with Gasteiger partial charge in [0, 0.05) is 10.9 Å². The highest BCUT2D eigenvalue weighted by atomic mass is 19.1. The number of fused-ring (bicyclic) bond motifs is 1. The number of halogens is 1. The molecule has 1 heterocycles. The van der Waals surface area contributed by atoms with Crippen LogP contribution in [0.2, 0.25) is 0 Å². The molecule has 1 aromatic heterocycles. The zero-order valence-electron chi connectivity index (χ0n) is 17.4. The molecule has 0 fully saturated rings. The van der Waals surface area contributed by atoms with Gasteiger partial charge in [0.1, 0.15) is 12.2 Å². The number of Topliss-reactive ketones (excluding diaryl/α,β-unsaturated/α-hetero) is 2. The monoisotopic (exact) mass is 449 g/mol. The summed E-state index contributed by atoms with van der Waals surface area (Å²) in [5, 5.41) is 20.9. The van der Waals surface area contributed by atoms with Crippen LogP contribution in [0.4, 0.5) is 4.39 Å². The van der Waals surface area contributed by atoms with Crippen molar-refractivity contribution in [1.82, 2.24) is 9.88 Å². The summed E-state index contributed by atoms with van der Waals surface area (Å²) >= 11 is 0. The van der Waals surface area contributed by atoms with Crippen molar-refractivity contribution in [2.75, 3.05) is 0 Å². The molecule has 1 amide bonds. The lowest BCUT2D eigenvalue weighted by Crippen LogP contribution is -2.52. The fraction of sp³-hybridized carbons (Fsp3) is 0.381. The normalized spacial score (nSPS) is 14.0. The number of carboxylic acids is 2. The van der Waals surface area contributed by atoms with E-state index in [1.165, 1.54) is 24.5 Å². The predicted molar refractivity (Wildman–Crippen MR) is 111 cm³/mol. The number of amides is 1. The average Bonchev–Trinajstić information content (AvgIpc) is 3.07. The number of para-hydroxylation sites is 1. The van der Waals surface area contributed by atoms with Crippen LogP contribution < -0.4 is 11.1 Å². The first kappa shape index (κ1) is 24.7. The number of carbonyl (C=O) groups is 5. The van der Waals surface area contributed by atoms with Crippen molar-refractivity contribution in [3.63, 3.8) is 0 Å². The number of nitrogens with one attached hydrogen (secondary N) is 1. The number of hydrogen-bond acceptors (Lipinski definition) is 6. The summed E-state index contributed by atoms with van der Waals surface area (Å²) in [4.78, 5) is 59.5. The summed E-state index contributed by atoms with van der Waals surface area (Å²) in [5.41, 5.74) is 5.78. The molecular weight excluding hydrogens is 425 g/mol. The molecule has 2 aromatic rings. The number of carboxylic acid groups (broad SMARTS) is 2. The fourth-order valence-corrected chi connectivity index (χ4v) is 3.26. The van der Waals surface area contributed by atoms with Gasteiger partial charge in [0.2, 0.25) is 6.17 Å². The van der Waals surface area contributed by atoms with Crippen molar-refractivity contribution < 1.29 is 38.6 Å². The zero-order valence-corrected chi connectivity index (χ0v) is 17.4. The van der Waals surface area contributed by atoms with Gasteiger partial charge in [-0.2, -0.15) is 0 Å². The Bertz CT molecular complexity index is 1060. The number of aromatic nitrogens is 1. The highest BCUT2D eigenvalue weighted by Crippen LogP contribution is 2.21. The lowest BCUT2D eigenvalue weighted by molar-refractivity contribution is -0.142. The van der Waals surface area contributed by atoms with Gasteiger partial charge in [0.15, 0.2) is 11.6 Å². The minimum absolute atomic E-state index is 0.0589. The summed E-state index contributed by atoms with van der Waals surface area (Å²) in [5.74, 6) is -6.74. The van der Waals surface area contributed by atoms with E-state index in [2.05, 4.69) is 5.32 Å². The molecule has 5 N–H and O–H groups in total. The van der Waals surface area contributed by atoms with Gasteiger partial charge in [-0.05, 0) is 18.1 Å². The fourth-order valence-electron chi connectivity index (χ4n) is 3.26. The van der Waals surface area contributed by atoms with Crippen molar-refractivity contribution in [2.45, 2.75) is 45.1 Å². The first-order valence-corrected chi connectivity index (χ1v) is 9.73. The van der Waals surface area contributed by atoms with Gasteiger partial charge >= 0.3 is 11.9 Å². The Labute approximate surface area is 182 Å². The van der Waals surface area contributed by atoms with Crippen molar-refractivity contribution >= 4 is 40.3 Å². The first-order valence-electron chi connectivity index (χ1n) is 9.73. The van der Waals surface area contributed by atoms with Gasteiger partial charge in [-0.1, -0.05) is 32.0 Å². The Morgan fingerprint density at radius 3 is 2.25 bits per heavy atom. The molecule has 0 aliphatic rings. The van der Waals surface area contributed by atoms with E-state index in [1.54, 1.807) is 24.3 Å². The number of carbonyl (C=O) groups excluding carboxylic acids is 3. The number of benzene rings is 1. The van der Waals surface area contributed by atoms with Crippen LogP contribution in [0.1, 0.15) is 30.8 Å². The maximum absolute atomic E-state index is 14.6. The van der Waals surface area contributed by atoms with Crippen molar-refractivity contribution in [3.05, 3.63) is 36.0 Å². The second-order valence-electron chi connectivity index (χ2n) is 7.64. The molecular formula is C21H24FN3O7. The Hall–Kier alpha value is -3.60. The Morgan fingerprint density at radius 2 is 1.69 bits per heavy atom. The average molecular weight is 449 g/mol. The lowest BCUT2D eigenvalue weighted by atomic mass is 9.93. The lowest BCUT2D eigenvalue weighted by Gasteiger charge is -2.23. The molecule has 10 nitrogen and oxygen atoms in total. The van der Waals surface area contributed by atoms with E-state index in [-0.39, 0.29) is 5.69 Å². The topological polar surface area (TPSA) is 169 Å². The van der Waals surface area contributed by atoms with E-state index in [0.29, 0.717) is 10.9 Å². The molecule has 0 saturated carbocycles. The third kappa shape index (κ3) is 5.55. The van der Waals surface area contributed by atoms with E-state index in [1.807, 2.05) is 0 Å². The highest BCUT2D eigenvalue weighted by molar-refractivity contribution is 6.11. The van der Waals surface area contributed by atoms with E-state index in [4.69, 9.17) is 10.8 Å². The molecule has 0 spiro atoms. The number of nitrogens with zero attached hydrogens (tertiary/aromatic N) is 1. The van der Waals surface area contributed by atoms with E-state index < -0.39 is 66.6 Å². The third-order valence-electron chi connectivity index (χ3n) is 4.86. The maximum atomic E-state index is 14.6. The van der Waals surface area contributed by atoms with Gasteiger partial charge in [0.25, 0.3) is 5.91 Å². The standard InChI is InChI=1S/C21H24FN3O7/c1-10(2)18(20(31)17(22)19(30)12(23)8-15(26)27)24-21(32)14-7-11-5-3-4-6-13(11)25(14)9-16(28)29/h3-7,10,12,17-18H,8-9,23H2,1-2H3,(H,24,32)(H,26,27)(H,28,29)/t12?,17?,18-/m0/s1. The molecule has 172 valence electrons. The molecule has 11 heteroatoms. The third-order valence-corrected chi connectivity index (χ3v) is 4.86. The second kappa shape index (κ2) is 10.1. The molecule has 3 atom stereocenters. The van der Waals surface area contributed by atoms with E-state index in [0.717, 1.165) is 0 Å². The molecule has 0 saturated heterocycles. The van der Waals surface area contributed by atoms with Crippen LogP contribution in [0.5, 0.6) is 0 Å². The summed E-state index contributed by atoms with van der Waals surface area (Å²) < 4.78 is 15.8. The van der Waals surface area contributed by atoms with Crippen LogP contribution in [0.15, 0.2) is 30.3 Å². The number of aliphatic carboxylic acids is 2. The van der Waals surface area contributed by atoms with Gasteiger partial charge < -0.3 is 25.8 Å². The first-order chi connectivity index (χ1) is 14.9. The van der Waals surface area contributed by atoms with Crippen LogP contribution in [0.3, 0.4) is 0 Å². The Balaban J connectivity index is 2.31. The van der Waals surface area contributed by atoms with Gasteiger partial charge in [0.05, 0.1) is 18.5 Å². The quantitative estimate of drug-likeness (QED) is 0.364. The largest absolute Gasteiger partial charge is 0.481 e. The van der Waals surface area contributed by atoms with Crippen LogP contribution in [-0.2, 0) is 25.7 Å². The number of rotatable bonds is 11. The smallest absolute Gasteiger partial charge is 0.323 e. The molecule has 0 radical (unpaired) electrons. The number of hydrogen-bond donors (Lipinski definition) is 4. The zero-order chi connectivity index (χ0) is 24.2. The molecule has 32 heavy (non-hydrogen) atoms. The summed E-state index contributed by atoms with van der Waals surface area (Å²) in [6.45, 7) is 2.51. The Kier molecular flexibility index (Phi) is 7.82. The highest BCUT2D eigenvalue weighted by Gasteiger charge is 2.38. The number of alkyl halides is 1. The van der Waals surface area contributed by atoms with Crippen molar-refractivity contribution in [3.8, 4) is 0 Å². The number of ketones is 2. The summed E-state index contributed by atoms with van der Waals surface area (Å²) in [6, 6.07) is 4.96. The molecule has 0 bridgehead atoms. The molecule has 1 aromatic carbocycles. The van der Waals surface area contributed by atoms with E-state index in [9.17, 15) is 33.5 Å². The molecule has 2 unspecified atom stereocenters. The number of nitrogens with two attached hydrogens (primary N) is 1. The van der Waals surface area contributed by atoms with Crippen LogP contribution >= 0.6 is 0 Å². The predicted octanol–water partition coefficient (Wildman–Crippen LogP) is 0.759. The minimum atomic E-state index is -2.72. The van der Waals surface area contributed by atoms with Crippen LogP contribution in [0, 0.1) is 5.92 Å². The molecule has 0 aliphatic heterocycles. The van der Waals surface area contributed by atoms with Crippen LogP contribution in [0.25, 0.3) is 10.9 Å². The molecule has 2 rings (SSSR count). The van der Waals surface area contributed by atoms with Crippen LogP contribution in [-0.4, -0.2) is 62.4 Å². The van der Waals surface area contributed by atoms with Gasteiger partial charge in [-0.15, -0.1) is 0 Å². The van der Waals surface area contributed by atoms with E-state index >= 15 is 0 Å². The second-order valence-corrected chi connectivity index (χ2v) is 7.64. The van der Waals surface area contributed by atoms with Crippen molar-refractivity contribution in [2.24, 2.45) is 11.7 Å². The summed E-state index contributed by atoms with van der Waals surface area (Å²) in [7, 11) is 0. The SMILES string of the molecule is CC(C)[C@H](NC(=O)c1cc2ccccc2n1CC(=O)O)C(=O)C(F)C(=O)C(N)CC(=O)O. The molecule has 0 aliphatic carbocycles. The maximum Gasteiger partial charge on any atom is 0.323 e. The van der Waals surface area contributed by atoms with Crippen molar-refractivity contribution in [1.29, 1.82) is 0 Å². The summed E-state index contributed by atoms with van der Waals surface area (Å²) in [6.07, 6.45) is -3.57. The van der Waals surface area contributed by atoms with Gasteiger partial charge in [-0.25, -0.2) is 4.39 Å². The van der Waals surface area contributed by atoms with Gasteiger partial charge in [-0.3, -0.25) is 24.0 Å². The Morgan fingerprint density at radius 1 is 1.06 bits per heavy atom.